The Morgan fingerprint density at radius 2 is 2.12 bits per heavy atom. The third-order valence-corrected chi connectivity index (χ3v) is 3.99. The van der Waals surface area contributed by atoms with Crippen molar-refractivity contribution < 1.29 is 4.79 Å². The summed E-state index contributed by atoms with van der Waals surface area (Å²) in [5.41, 5.74) is 2.11. The molecule has 17 heavy (non-hydrogen) atoms. The quantitative estimate of drug-likeness (QED) is 0.800. The summed E-state index contributed by atoms with van der Waals surface area (Å²) >= 11 is 3.46. The van der Waals surface area contributed by atoms with Gasteiger partial charge in [0.05, 0.1) is 11.4 Å². The number of hydrogen-bond donors (Lipinski definition) is 0. The van der Waals surface area contributed by atoms with E-state index in [2.05, 4.69) is 15.9 Å². The molecule has 0 aliphatic carbocycles. The van der Waals surface area contributed by atoms with Crippen molar-refractivity contribution in [3.63, 3.8) is 0 Å². The van der Waals surface area contributed by atoms with Crippen LogP contribution >= 0.6 is 15.9 Å². The maximum absolute atomic E-state index is 12.0. The van der Waals surface area contributed by atoms with E-state index in [-0.39, 0.29) is 5.91 Å². The van der Waals surface area contributed by atoms with Crippen LogP contribution in [0, 0.1) is 5.92 Å². The van der Waals surface area contributed by atoms with E-state index in [0.29, 0.717) is 12.3 Å². The Morgan fingerprint density at radius 3 is 2.71 bits per heavy atom. The Kier molecular flexibility index (Phi) is 3.72. The van der Waals surface area contributed by atoms with Crippen molar-refractivity contribution in [2.75, 3.05) is 35.8 Å². The van der Waals surface area contributed by atoms with E-state index in [0.717, 1.165) is 23.2 Å². The largest absolute Gasteiger partial charge is 0.376 e. The minimum absolute atomic E-state index is 0.226. The standard InChI is InChI=1S/C13H17BrN2O/c1-15(2)11-5-3-4-6-12(11)16-9-10(8-14)7-13(16)17/h3-6,10H,7-9H2,1-2H3. The molecule has 0 saturated carbocycles. The fraction of sp³-hybridized carbons (Fsp3) is 0.462. The number of anilines is 2. The Bertz CT molecular complexity index is 420. The summed E-state index contributed by atoms with van der Waals surface area (Å²) in [5.74, 6) is 0.654. The van der Waals surface area contributed by atoms with Gasteiger partial charge in [0, 0.05) is 32.4 Å². The minimum Gasteiger partial charge on any atom is -0.376 e. The number of hydrogen-bond acceptors (Lipinski definition) is 2. The third kappa shape index (κ3) is 2.46. The molecule has 1 heterocycles. The van der Waals surface area contributed by atoms with Crippen LogP contribution in [0.4, 0.5) is 11.4 Å². The molecule has 1 unspecified atom stereocenters. The maximum Gasteiger partial charge on any atom is 0.227 e. The van der Waals surface area contributed by atoms with Gasteiger partial charge in [0.1, 0.15) is 0 Å². The Balaban J connectivity index is 2.31. The van der Waals surface area contributed by atoms with Crippen LogP contribution in [0.1, 0.15) is 6.42 Å². The molecule has 92 valence electrons. The second-order valence-electron chi connectivity index (χ2n) is 4.61. The highest BCUT2D eigenvalue weighted by atomic mass is 79.9. The van der Waals surface area contributed by atoms with E-state index in [4.69, 9.17) is 0 Å². The molecule has 0 radical (unpaired) electrons. The number of nitrogens with zero attached hydrogens (tertiary/aromatic N) is 2. The van der Waals surface area contributed by atoms with Crippen molar-refractivity contribution in [2.24, 2.45) is 5.92 Å². The molecule has 0 spiro atoms. The zero-order valence-electron chi connectivity index (χ0n) is 10.2. The van der Waals surface area contributed by atoms with Crippen LogP contribution in [0.15, 0.2) is 24.3 Å². The van der Waals surface area contributed by atoms with Crippen molar-refractivity contribution in [1.82, 2.24) is 0 Å². The predicted molar refractivity (Wildman–Crippen MR) is 75.0 cm³/mol. The van der Waals surface area contributed by atoms with Gasteiger partial charge in [-0.3, -0.25) is 4.79 Å². The first-order valence-electron chi connectivity index (χ1n) is 5.76. The van der Waals surface area contributed by atoms with Gasteiger partial charge in [-0.25, -0.2) is 0 Å². The molecule has 0 aromatic heterocycles. The highest BCUT2D eigenvalue weighted by Crippen LogP contribution is 2.32. The second kappa shape index (κ2) is 5.08. The SMILES string of the molecule is CN(C)c1ccccc1N1CC(CBr)CC1=O. The summed E-state index contributed by atoms with van der Waals surface area (Å²) in [6.07, 6.45) is 0.646. The van der Waals surface area contributed by atoms with E-state index in [9.17, 15) is 4.79 Å². The Morgan fingerprint density at radius 1 is 1.41 bits per heavy atom. The summed E-state index contributed by atoms with van der Waals surface area (Å²) in [6, 6.07) is 8.05. The lowest BCUT2D eigenvalue weighted by Gasteiger charge is -2.24. The third-order valence-electron chi connectivity index (χ3n) is 3.08. The summed E-state index contributed by atoms with van der Waals surface area (Å²) < 4.78 is 0. The molecular weight excluding hydrogens is 280 g/mol. The van der Waals surface area contributed by atoms with Crippen molar-refractivity contribution in [3.8, 4) is 0 Å². The van der Waals surface area contributed by atoms with Gasteiger partial charge >= 0.3 is 0 Å². The molecule has 1 aliphatic rings. The van der Waals surface area contributed by atoms with Crippen LogP contribution in [0.25, 0.3) is 0 Å². The Labute approximate surface area is 111 Å². The highest BCUT2D eigenvalue weighted by Gasteiger charge is 2.31. The van der Waals surface area contributed by atoms with Gasteiger partial charge in [-0.05, 0) is 18.1 Å². The molecule has 1 saturated heterocycles. The van der Waals surface area contributed by atoms with Crippen molar-refractivity contribution in [2.45, 2.75) is 6.42 Å². The molecule has 1 aromatic carbocycles. The van der Waals surface area contributed by atoms with Gasteiger partial charge in [-0.15, -0.1) is 0 Å². The summed E-state index contributed by atoms with van der Waals surface area (Å²) in [7, 11) is 4.00. The van der Waals surface area contributed by atoms with Crippen LogP contribution < -0.4 is 9.80 Å². The van der Waals surface area contributed by atoms with Gasteiger partial charge in [0.25, 0.3) is 0 Å². The smallest absolute Gasteiger partial charge is 0.227 e. The molecule has 0 N–H and O–H groups in total. The van der Waals surface area contributed by atoms with E-state index in [1.165, 1.54) is 0 Å². The number of carbonyl (C=O) groups excluding carboxylic acids is 1. The fourth-order valence-electron chi connectivity index (χ4n) is 2.19. The fourth-order valence-corrected chi connectivity index (χ4v) is 2.62. The zero-order valence-corrected chi connectivity index (χ0v) is 11.8. The first kappa shape index (κ1) is 12.4. The first-order chi connectivity index (χ1) is 8.13. The molecule has 4 heteroatoms. The number of rotatable bonds is 3. The minimum atomic E-state index is 0.226. The van der Waals surface area contributed by atoms with Gasteiger partial charge in [-0.2, -0.15) is 0 Å². The highest BCUT2D eigenvalue weighted by molar-refractivity contribution is 9.09. The van der Waals surface area contributed by atoms with Crippen LogP contribution in [-0.4, -0.2) is 31.9 Å². The molecule has 1 amide bonds. The van der Waals surface area contributed by atoms with Gasteiger partial charge in [0.15, 0.2) is 0 Å². The van der Waals surface area contributed by atoms with Crippen LogP contribution in [0.5, 0.6) is 0 Å². The van der Waals surface area contributed by atoms with Crippen LogP contribution in [-0.2, 0) is 4.79 Å². The first-order valence-corrected chi connectivity index (χ1v) is 6.88. The molecule has 2 rings (SSSR count). The maximum atomic E-state index is 12.0. The lowest BCUT2D eigenvalue weighted by atomic mass is 10.2. The molecule has 1 aliphatic heterocycles. The van der Waals surface area contributed by atoms with Crippen LogP contribution in [0.3, 0.4) is 0 Å². The van der Waals surface area contributed by atoms with Crippen molar-refractivity contribution in [1.29, 1.82) is 0 Å². The Hall–Kier alpha value is -1.03. The number of carbonyl (C=O) groups is 1. The predicted octanol–water partition coefficient (Wildman–Crippen LogP) is 2.50. The van der Waals surface area contributed by atoms with E-state index >= 15 is 0 Å². The van der Waals surface area contributed by atoms with Crippen molar-refractivity contribution >= 4 is 33.2 Å². The number of benzene rings is 1. The summed E-state index contributed by atoms with van der Waals surface area (Å²) in [4.78, 5) is 16.0. The topological polar surface area (TPSA) is 23.6 Å². The number of alkyl halides is 1. The lowest BCUT2D eigenvalue weighted by Crippen LogP contribution is -2.26. The number of para-hydroxylation sites is 2. The van der Waals surface area contributed by atoms with E-state index in [1.54, 1.807) is 0 Å². The van der Waals surface area contributed by atoms with E-state index < -0.39 is 0 Å². The zero-order chi connectivity index (χ0) is 12.4. The van der Waals surface area contributed by atoms with Crippen molar-refractivity contribution in [3.05, 3.63) is 24.3 Å². The summed E-state index contributed by atoms with van der Waals surface area (Å²) in [6.45, 7) is 0.814. The average molecular weight is 297 g/mol. The van der Waals surface area contributed by atoms with Gasteiger partial charge in [-0.1, -0.05) is 28.1 Å². The molecule has 1 aromatic rings. The average Bonchev–Trinajstić information content (AvgIpc) is 2.70. The molecule has 1 atom stereocenters. The van der Waals surface area contributed by atoms with E-state index in [1.807, 2.05) is 48.2 Å². The molecule has 3 nitrogen and oxygen atoms in total. The number of amides is 1. The van der Waals surface area contributed by atoms with Gasteiger partial charge < -0.3 is 9.80 Å². The van der Waals surface area contributed by atoms with Gasteiger partial charge in [0.2, 0.25) is 5.91 Å². The molecule has 0 bridgehead atoms. The number of halogens is 1. The molecule has 1 fully saturated rings. The lowest BCUT2D eigenvalue weighted by molar-refractivity contribution is -0.117. The van der Waals surface area contributed by atoms with Crippen LogP contribution in [0.2, 0.25) is 0 Å². The molecular formula is C13H17BrN2O. The second-order valence-corrected chi connectivity index (χ2v) is 5.26. The monoisotopic (exact) mass is 296 g/mol. The summed E-state index contributed by atoms with van der Waals surface area (Å²) in [5, 5.41) is 0.888. The normalized spacial score (nSPS) is 19.8.